The molecular weight excluding hydrogens is 387 g/mol. The van der Waals surface area contributed by atoms with Crippen LogP contribution in [0.2, 0.25) is 10.0 Å². The van der Waals surface area contributed by atoms with E-state index >= 15 is 0 Å². The first-order valence-corrected chi connectivity index (χ1v) is 9.40. The molecule has 0 aliphatic carbocycles. The highest BCUT2D eigenvalue weighted by Gasteiger charge is 2.37. The maximum atomic E-state index is 13.3. The molecule has 1 atom stereocenters. The summed E-state index contributed by atoms with van der Waals surface area (Å²) in [6.45, 7) is 6.03. The Morgan fingerprint density at radius 2 is 1.74 bits per heavy atom. The van der Waals surface area contributed by atoms with Crippen LogP contribution in [0, 0.1) is 13.8 Å². The van der Waals surface area contributed by atoms with Crippen LogP contribution in [0.4, 0.5) is 16.2 Å². The van der Waals surface area contributed by atoms with Crippen molar-refractivity contribution in [3.63, 3.8) is 0 Å². The predicted molar refractivity (Wildman–Crippen MR) is 109 cm³/mol. The van der Waals surface area contributed by atoms with Crippen molar-refractivity contribution in [2.75, 3.05) is 16.3 Å². The summed E-state index contributed by atoms with van der Waals surface area (Å²) >= 11 is 12.2. The summed E-state index contributed by atoms with van der Waals surface area (Å²) in [7, 11) is 0. The number of rotatable bonds is 2. The van der Waals surface area contributed by atoms with Crippen LogP contribution in [0.15, 0.2) is 30.3 Å². The smallest absolute Gasteiger partial charge is 0.412 e. The molecule has 0 saturated heterocycles. The molecular formula is C20H20Cl2N2O3. The van der Waals surface area contributed by atoms with Crippen LogP contribution in [0.3, 0.4) is 0 Å². The molecule has 0 spiro atoms. The fourth-order valence-electron chi connectivity index (χ4n) is 3.35. The molecule has 0 radical (unpaired) electrons. The van der Waals surface area contributed by atoms with Crippen molar-refractivity contribution in [3.05, 3.63) is 57.1 Å². The van der Waals surface area contributed by atoms with E-state index in [0.717, 1.165) is 11.1 Å². The quantitative estimate of drug-likeness (QED) is 0.712. The molecule has 2 aromatic carbocycles. The van der Waals surface area contributed by atoms with Gasteiger partial charge in [-0.15, -0.1) is 0 Å². The number of halogens is 2. The summed E-state index contributed by atoms with van der Waals surface area (Å²) in [4.78, 5) is 28.1. The van der Waals surface area contributed by atoms with Gasteiger partial charge in [0, 0.05) is 11.6 Å². The molecule has 1 aliphatic rings. The monoisotopic (exact) mass is 406 g/mol. The Morgan fingerprint density at radius 3 is 2.30 bits per heavy atom. The molecule has 0 saturated carbocycles. The zero-order valence-electron chi connectivity index (χ0n) is 15.3. The van der Waals surface area contributed by atoms with Crippen molar-refractivity contribution in [1.82, 2.24) is 0 Å². The van der Waals surface area contributed by atoms with Crippen molar-refractivity contribution >= 4 is 46.6 Å². The number of hydrogen-bond acceptors (Lipinski definition) is 2. The highest BCUT2D eigenvalue weighted by atomic mass is 35.5. The van der Waals surface area contributed by atoms with E-state index in [-0.39, 0.29) is 23.5 Å². The zero-order valence-corrected chi connectivity index (χ0v) is 16.8. The van der Waals surface area contributed by atoms with Gasteiger partial charge in [-0.3, -0.25) is 9.69 Å². The van der Waals surface area contributed by atoms with Crippen molar-refractivity contribution in [2.24, 2.45) is 0 Å². The lowest BCUT2D eigenvalue weighted by atomic mass is 9.99. The molecule has 2 aromatic rings. The third-order valence-electron chi connectivity index (χ3n) is 4.98. The first-order chi connectivity index (χ1) is 12.7. The minimum absolute atomic E-state index is 0.260. The number of aryl methyl sites for hydroxylation is 2. The van der Waals surface area contributed by atoms with Gasteiger partial charge in [0.05, 0.1) is 28.0 Å². The number of carbonyl (C=O) groups is 2. The molecule has 1 N–H and O–H groups in total. The topological polar surface area (TPSA) is 60.9 Å². The van der Waals surface area contributed by atoms with Crippen LogP contribution in [0.25, 0.3) is 0 Å². The van der Waals surface area contributed by atoms with E-state index in [2.05, 4.69) is 0 Å². The number of fused-ring (bicyclic) bond motifs is 1. The lowest BCUT2D eigenvalue weighted by molar-refractivity contribution is 0.0982. The van der Waals surface area contributed by atoms with Crippen molar-refractivity contribution in [2.45, 2.75) is 33.2 Å². The third kappa shape index (κ3) is 3.49. The normalized spacial score (nSPS) is 16.3. The van der Waals surface area contributed by atoms with E-state index in [1.807, 2.05) is 32.9 Å². The number of carbonyl (C=O) groups excluding carboxylic acids is 1. The molecule has 5 nitrogen and oxygen atoms in total. The molecule has 1 unspecified atom stereocenters. The van der Waals surface area contributed by atoms with Crippen molar-refractivity contribution in [3.8, 4) is 0 Å². The second kappa shape index (κ2) is 7.41. The van der Waals surface area contributed by atoms with Gasteiger partial charge in [-0.1, -0.05) is 30.1 Å². The van der Waals surface area contributed by atoms with Gasteiger partial charge < -0.3 is 10.0 Å². The van der Waals surface area contributed by atoms with Crippen LogP contribution in [0.1, 0.15) is 34.8 Å². The van der Waals surface area contributed by atoms with E-state index < -0.39 is 6.09 Å². The summed E-state index contributed by atoms with van der Waals surface area (Å²) < 4.78 is 0. The second-order valence-corrected chi connectivity index (χ2v) is 7.52. The fraction of sp³-hybridized carbons (Fsp3) is 0.300. The molecule has 0 bridgehead atoms. The SMILES string of the molecule is CCC1CN(C(=O)c2ccc(Cl)cc2Cl)c2cc(C)c(C)cc2N1C(=O)O. The van der Waals surface area contributed by atoms with E-state index in [0.29, 0.717) is 28.4 Å². The Balaban J connectivity index is 2.16. The Bertz CT molecular complexity index is 930. The van der Waals surface area contributed by atoms with Gasteiger partial charge in [-0.25, -0.2) is 4.79 Å². The number of carboxylic acid groups (broad SMARTS) is 1. The number of hydrogen-bond donors (Lipinski definition) is 1. The van der Waals surface area contributed by atoms with Crippen LogP contribution < -0.4 is 9.80 Å². The Labute approximate surface area is 168 Å². The maximum Gasteiger partial charge on any atom is 0.412 e. The Hall–Kier alpha value is -2.24. The molecule has 1 aliphatic heterocycles. The molecule has 2 amide bonds. The van der Waals surface area contributed by atoms with E-state index in [1.54, 1.807) is 17.0 Å². The fourth-order valence-corrected chi connectivity index (χ4v) is 3.84. The highest BCUT2D eigenvalue weighted by Crippen LogP contribution is 2.39. The van der Waals surface area contributed by atoms with Crippen LogP contribution in [-0.4, -0.2) is 29.7 Å². The van der Waals surface area contributed by atoms with Crippen molar-refractivity contribution in [1.29, 1.82) is 0 Å². The third-order valence-corrected chi connectivity index (χ3v) is 5.53. The average Bonchev–Trinajstić information content (AvgIpc) is 2.60. The summed E-state index contributed by atoms with van der Waals surface area (Å²) in [5, 5.41) is 10.5. The Morgan fingerprint density at radius 1 is 1.11 bits per heavy atom. The molecule has 142 valence electrons. The highest BCUT2D eigenvalue weighted by molar-refractivity contribution is 6.37. The summed E-state index contributed by atoms with van der Waals surface area (Å²) in [6, 6.07) is 8.08. The molecule has 3 rings (SSSR count). The molecule has 27 heavy (non-hydrogen) atoms. The number of anilines is 2. The van der Waals surface area contributed by atoms with E-state index in [1.165, 1.54) is 11.0 Å². The van der Waals surface area contributed by atoms with Crippen LogP contribution >= 0.6 is 23.2 Å². The maximum absolute atomic E-state index is 13.3. The summed E-state index contributed by atoms with van der Waals surface area (Å²) in [5.41, 5.74) is 3.37. The molecule has 7 heteroatoms. The van der Waals surface area contributed by atoms with Gasteiger partial charge in [0.2, 0.25) is 0 Å². The van der Waals surface area contributed by atoms with Crippen LogP contribution in [0.5, 0.6) is 0 Å². The average molecular weight is 407 g/mol. The van der Waals surface area contributed by atoms with E-state index in [4.69, 9.17) is 23.2 Å². The van der Waals surface area contributed by atoms with Gasteiger partial charge in [-0.2, -0.15) is 0 Å². The largest absolute Gasteiger partial charge is 0.465 e. The molecule has 0 fully saturated rings. The zero-order chi connectivity index (χ0) is 19.9. The Kier molecular flexibility index (Phi) is 5.36. The number of amides is 2. The van der Waals surface area contributed by atoms with Gasteiger partial charge in [-0.05, 0) is 61.7 Å². The molecule has 0 aromatic heterocycles. The lowest BCUT2D eigenvalue weighted by Gasteiger charge is -2.41. The first kappa shape index (κ1) is 19.5. The summed E-state index contributed by atoms with van der Waals surface area (Å²) in [6.07, 6.45) is -0.445. The van der Waals surface area contributed by atoms with Gasteiger partial charge in [0.25, 0.3) is 5.91 Å². The van der Waals surface area contributed by atoms with Crippen LogP contribution in [-0.2, 0) is 0 Å². The standard InChI is InChI=1S/C20H20Cl2N2O3/c1-4-14-10-23(19(25)15-6-5-13(21)9-16(15)22)17-7-11(2)12(3)8-18(17)24(14)20(26)27/h5-9,14H,4,10H2,1-3H3,(H,26,27). The second-order valence-electron chi connectivity index (χ2n) is 6.68. The summed E-state index contributed by atoms with van der Waals surface area (Å²) in [5.74, 6) is -0.273. The van der Waals surface area contributed by atoms with Gasteiger partial charge >= 0.3 is 6.09 Å². The lowest BCUT2D eigenvalue weighted by Crippen LogP contribution is -2.52. The van der Waals surface area contributed by atoms with E-state index in [9.17, 15) is 14.7 Å². The molecule has 1 heterocycles. The van der Waals surface area contributed by atoms with Gasteiger partial charge in [0.1, 0.15) is 0 Å². The number of nitrogens with zero attached hydrogens (tertiary/aromatic N) is 2. The predicted octanol–water partition coefficient (Wildman–Crippen LogP) is 5.53. The first-order valence-electron chi connectivity index (χ1n) is 8.65. The minimum Gasteiger partial charge on any atom is -0.465 e. The van der Waals surface area contributed by atoms with Crippen molar-refractivity contribution < 1.29 is 14.7 Å². The minimum atomic E-state index is -1.03. The van der Waals surface area contributed by atoms with Gasteiger partial charge in [0.15, 0.2) is 0 Å². The number of benzene rings is 2.